The minimum absolute atomic E-state index is 0.0850. The Morgan fingerprint density at radius 3 is 1.82 bits per heavy atom. The lowest BCUT2D eigenvalue weighted by molar-refractivity contribution is 0.645. The Kier molecular flexibility index (Phi) is 6.34. The van der Waals surface area contributed by atoms with E-state index < -0.39 is 0 Å². The molecule has 0 atom stereocenters. The second-order valence-corrected chi connectivity index (χ2v) is 15.4. The van der Waals surface area contributed by atoms with Crippen molar-refractivity contribution in [2.24, 2.45) is 0 Å². The van der Waals surface area contributed by atoms with Gasteiger partial charge in [0.05, 0.1) is 0 Å². The number of benzene rings is 8. The zero-order valence-corrected chi connectivity index (χ0v) is 29.5. The second kappa shape index (κ2) is 10.8. The van der Waals surface area contributed by atoms with Gasteiger partial charge in [0.15, 0.2) is 0 Å². The van der Waals surface area contributed by atoms with Crippen molar-refractivity contribution in [2.75, 3.05) is 4.90 Å². The molecule has 1 nitrogen and oxygen atoms in total. The third-order valence-electron chi connectivity index (χ3n) is 11.8. The molecule has 0 bridgehead atoms. The van der Waals surface area contributed by atoms with Crippen LogP contribution in [0.5, 0.6) is 0 Å². The van der Waals surface area contributed by atoms with Gasteiger partial charge in [-0.15, -0.1) is 0 Å². The Morgan fingerprint density at radius 1 is 0.353 bits per heavy atom. The summed E-state index contributed by atoms with van der Waals surface area (Å²) in [5.41, 5.74) is 16.6. The number of para-hydroxylation sites is 1. The number of hydrogen-bond acceptors (Lipinski definition) is 1. The average Bonchev–Trinajstić information content (AvgIpc) is 3.39. The van der Waals surface area contributed by atoms with Gasteiger partial charge in [-0.2, -0.15) is 0 Å². The topological polar surface area (TPSA) is 3.24 Å². The minimum atomic E-state index is -0.163. The van der Waals surface area contributed by atoms with E-state index in [0.717, 1.165) is 11.4 Å². The Bertz CT molecular complexity index is 2690. The molecule has 0 unspecified atom stereocenters. The van der Waals surface area contributed by atoms with Crippen molar-refractivity contribution in [3.63, 3.8) is 0 Å². The van der Waals surface area contributed by atoms with E-state index in [9.17, 15) is 0 Å². The highest BCUT2D eigenvalue weighted by Crippen LogP contribution is 2.54. The Balaban J connectivity index is 1.22. The molecule has 8 aromatic carbocycles. The fraction of sp³-hybridized carbons (Fsp3) is 0.120. The highest BCUT2D eigenvalue weighted by atomic mass is 15.1. The van der Waals surface area contributed by atoms with Crippen LogP contribution >= 0.6 is 0 Å². The predicted octanol–water partition coefficient (Wildman–Crippen LogP) is 13.7. The Morgan fingerprint density at radius 2 is 0.961 bits per heavy atom. The van der Waals surface area contributed by atoms with Crippen molar-refractivity contribution >= 4 is 38.6 Å². The first-order chi connectivity index (χ1) is 24.8. The molecule has 0 aromatic heterocycles. The summed E-state index contributed by atoms with van der Waals surface area (Å²) >= 11 is 0. The van der Waals surface area contributed by atoms with Crippen LogP contribution in [0.15, 0.2) is 164 Å². The monoisotopic (exact) mass is 653 g/mol. The summed E-state index contributed by atoms with van der Waals surface area (Å²) in [4.78, 5) is 2.45. The molecule has 0 amide bonds. The van der Waals surface area contributed by atoms with Gasteiger partial charge in [0.25, 0.3) is 0 Å². The van der Waals surface area contributed by atoms with Crippen LogP contribution < -0.4 is 4.90 Å². The van der Waals surface area contributed by atoms with Gasteiger partial charge in [-0.05, 0) is 120 Å². The first kappa shape index (κ1) is 29.9. The number of nitrogens with zero attached hydrogens (tertiary/aromatic N) is 1. The summed E-state index contributed by atoms with van der Waals surface area (Å²) in [6, 6.07) is 61.1. The normalized spacial score (nSPS) is 14.6. The van der Waals surface area contributed by atoms with Crippen molar-refractivity contribution in [1.29, 1.82) is 0 Å². The van der Waals surface area contributed by atoms with Crippen LogP contribution in [0.2, 0.25) is 0 Å². The van der Waals surface area contributed by atoms with E-state index in [1.165, 1.54) is 82.9 Å². The maximum atomic E-state index is 2.46. The van der Waals surface area contributed by atoms with E-state index >= 15 is 0 Å². The molecule has 51 heavy (non-hydrogen) atoms. The van der Waals surface area contributed by atoms with E-state index in [1.807, 2.05) is 0 Å². The van der Waals surface area contributed by atoms with Gasteiger partial charge in [-0.25, -0.2) is 0 Å². The molecule has 244 valence electrons. The van der Waals surface area contributed by atoms with Gasteiger partial charge < -0.3 is 4.90 Å². The SMILES string of the molecule is CC1(C)c2ccccc2-c2ccc(N(c3ccccc3)c3ccc4c(c3)-c3c(-c5ccc6ccccc6c5)ccc5cccc(c35)C4(C)C)cc21. The Labute approximate surface area is 300 Å². The lowest BCUT2D eigenvalue weighted by Crippen LogP contribution is -2.24. The lowest BCUT2D eigenvalue weighted by atomic mass is 9.67. The number of hydrogen-bond donors (Lipinski definition) is 0. The Hall–Kier alpha value is -5.92. The molecule has 8 aromatic rings. The van der Waals surface area contributed by atoms with Crippen LogP contribution in [0.4, 0.5) is 17.1 Å². The average molecular weight is 654 g/mol. The van der Waals surface area contributed by atoms with Gasteiger partial charge in [-0.1, -0.05) is 149 Å². The first-order valence-electron chi connectivity index (χ1n) is 18.1. The fourth-order valence-electron chi connectivity index (χ4n) is 9.20. The van der Waals surface area contributed by atoms with Crippen LogP contribution in [0.25, 0.3) is 54.9 Å². The zero-order chi connectivity index (χ0) is 34.5. The summed E-state index contributed by atoms with van der Waals surface area (Å²) in [7, 11) is 0. The van der Waals surface area contributed by atoms with E-state index in [0.29, 0.717) is 0 Å². The summed E-state index contributed by atoms with van der Waals surface area (Å²) in [5.74, 6) is 0. The first-order valence-corrected chi connectivity index (χ1v) is 18.1. The molecule has 0 fully saturated rings. The van der Waals surface area contributed by atoms with Crippen molar-refractivity contribution in [3.05, 3.63) is 186 Å². The smallest absolute Gasteiger partial charge is 0.0468 e. The number of rotatable bonds is 4. The third-order valence-corrected chi connectivity index (χ3v) is 11.8. The lowest BCUT2D eigenvalue weighted by Gasteiger charge is -2.37. The van der Waals surface area contributed by atoms with Gasteiger partial charge >= 0.3 is 0 Å². The quantitative estimate of drug-likeness (QED) is 0.183. The summed E-state index contributed by atoms with van der Waals surface area (Å²) in [5, 5.41) is 5.18. The van der Waals surface area contributed by atoms with Crippen molar-refractivity contribution < 1.29 is 0 Å². The molecule has 10 rings (SSSR count). The fourth-order valence-corrected chi connectivity index (χ4v) is 9.20. The van der Waals surface area contributed by atoms with Gasteiger partial charge in [0, 0.05) is 27.9 Å². The maximum Gasteiger partial charge on any atom is 0.0468 e. The third kappa shape index (κ3) is 4.34. The molecule has 0 saturated carbocycles. The maximum absolute atomic E-state index is 2.46. The molecule has 0 heterocycles. The van der Waals surface area contributed by atoms with E-state index in [-0.39, 0.29) is 10.8 Å². The molecule has 2 aliphatic carbocycles. The molecule has 0 saturated heterocycles. The molecular weight excluding hydrogens is 615 g/mol. The van der Waals surface area contributed by atoms with Crippen molar-refractivity contribution in [2.45, 2.75) is 38.5 Å². The second-order valence-electron chi connectivity index (χ2n) is 15.4. The standard InChI is InChI=1S/C50H39N/c1-49(2)44-28-25-37(51(36-16-6-5-7-17-36)38-24-27-41-40-18-10-11-19-43(40)50(3,4)46(41)31-38)30-42(44)48-39(26-23-33-15-12-20-45(49)47(33)48)35-22-21-32-13-8-9-14-34(32)29-35/h5-31H,1-4H3. The van der Waals surface area contributed by atoms with Crippen LogP contribution in [-0.4, -0.2) is 0 Å². The molecule has 1 heteroatoms. The molecule has 0 N–H and O–H groups in total. The molecule has 0 spiro atoms. The highest BCUT2D eigenvalue weighted by Gasteiger charge is 2.37. The van der Waals surface area contributed by atoms with E-state index in [2.05, 4.69) is 196 Å². The summed E-state index contributed by atoms with van der Waals surface area (Å²) < 4.78 is 0. The molecule has 0 aliphatic heterocycles. The molecular formula is C50H39N. The summed E-state index contributed by atoms with van der Waals surface area (Å²) in [6.07, 6.45) is 0. The van der Waals surface area contributed by atoms with Gasteiger partial charge in [0.1, 0.15) is 0 Å². The minimum Gasteiger partial charge on any atom is -0.310 e. The van der Waals surface area contributed by atoms with Crippen molar-refractivity contribution in [1.82, 2.24) is 0 Å². The van der Waals surface area contributed by atoms with Gasteiger partial charge in [-0.3, -0.25) is 0 Å². The number of anilines is 3. The molecule has 0 radical (unpaired) electrons. The van der Waals surface area contributed by atoms with Crippen LogP contribution in [0, 0.1) is 0 Å². The number of fused-ring (bicyclic) bond motifs is 6. The van der Waals surface area contributed by atoms with Crippen LogP contribution in [0.3, 0.4) is 0 Å². The van der Waals surface area contributed by atoms with Crippen LogP contribution in [0.1, 0.15) is 49.9 Å². The largest absolute Gasteiger partial charge is 0.310 e. The highest BCUT2D eigenvalue weighted by molar-refractivity contribution is 6.10. The zero-order valence-electron chi connectivity index (χ0n) is 29.5. The van der Waals surface area contributed by atoms with E-state index in [1.54, 1.807) is 0 Å². The van der Waals surface area contributed by atoms with Gasteiger partial charge in [0.2, 0.25) is 0 Å². The molecule has 2 aliphatic rings. The van der Waals surface area contributed by atoms with Crippen molar-refractivity contribution in [3.8, 4) is 33.4 Å². The predicted molar refractivity (Wildman–Crippen MR) is 217 cm³/mol. The van der Waals surface area contributed by atoms with Crippen LogP contribution in [-0.2, 0) is 10.8 Å². The summed E-state index contributed by atoms with van der Waals surface area (Å²) in [6.45, 7) is 9.51. The van der Waals surface area contributed by atoms with E-state index in [4.69, 9.17) is 0 Å².